The van der Waals surface area contributed by atoms with Gasteiger partial charge in [-0.15, -0.1) is 0 Å². The molecule has 262 valence electrons. The van der Waals surface area contributed by atoms with E-state index in [0.29, 0.717) is 11.5 Å². The molecule has 6 aromatic rings. The highest BCUT2D eigenvalue weighted by atomic mass is 16.7. The zero-order valence-electron chi connectivity index (χ0n) is 40.8. The van der Waals surface area contributed by atoms with E-state index in [-0.39, 0.29) is 79.0 Å². The van der Waals surface area contributed by atoms with Crippen LogP contribution in [0.3, 0.4) is 0 Å². The van der Waals surface area contributed by atoms with Gasteiger partial charge >= 0.3 is 0 Å². The van der Waals surface area contributed by atoms with Crippen LogP contribution in [0.25, 0.3) is 33.4 Å². The maximum absolute atomic E-state index is 9.09. The molecule has 0 aromatic heterocycles. The van der Waals surface area contributed by atoms with Gasteiger partial charge in [-0.3, -0.25) is 0 Å². The fourth-order valence-corrected chi connectivity index (χ4v) is 6.57. The maximum atomic E-state index is 9.09. The lowest BCUT2D eigenvalue weighted by atomic mass is 9.84. The molecule has 0 radical (unpaired) electrons. The quantitative estimate of drug-likeness (QED) is 0.183. The van der Waals surface area contributed by atoms with Gasteiger partial charge in [0.15, 0.2) is 46.0 Å². The van der Waals surface area contributed by atoms with Crippen LogP contribution in [-0.4, -0.2) is 11.6 Å². The lowest BCUT2D eigenvalue weighted by Crippen LogP contribution is -2.36. The second kappa shape index (κ2) is 12.4. The first-order valence-electron chi connectivity index (χ1n) is 22.7. The summed E-state index contributed by atoms with van der Waals surface area (Å²) in [5.41, 5.74) is -2.75. The van der Waals surface area contributed by atoms with Crippen LogP contribution in [0.4, 0.5) is 0 Å². The van der Waals surface area contributed by atoms with E-state index in [1.807, 2.05) is 0 Å². The Labute approximate surface area is 322 Å². The van der Waals surface area contributed by atoms with Crippen LogP contribution in [0, 0.1) is 27.4 Å². The van der Waals surface area contributed by atoms with Crippen molar-refractivity contribution in [2.45, 2.75) is 66.7 Å². The third kappa shape index (κ3) is 5.88. The molecular formula is C46H42O6. The number of hydrogen-bond acceptors (Lipinski definition) is 6. The Kier molecular flexibility index (Phi) is 5.28. The Hall–Kier alpha value is -5.88. The minimum absolute atomic E-state index is 0.0114. The fourth-order valence-electron chi connectivity index (χ4n) is 6.57. The average Bonchev–Trinajstić information content (AvgIpc) is 3.16. The molecule has 6 nitrogen and oxygen atoms in total. The van der Waals surface area contributed by atoms with Crippen LogP contribution in [0.2, 0.25) is 0 Å². The number of aryl methyl sites for hydroxylation is 2. The van der Waals surface area contributed by atoms with Crippen LogP contribution >= 0.6 is 0 Å². The molecule has 6 aromatic carbocycles. The molecule has 0 unspecified atom stereocenters. The van der Waals surface area contributed by atoms with Gasteiger partial charge < -0.3 is 28.4 Å². The van der Waals surface area contributed by atoms with E-state index in [9.17, 15) is 0 Å². The minimum atomic E-state index is -3.14. The number of hydrogen-bond donors (Lipinski definition) is 0. The summed E-state index contributed by atoms with van der Waals surface area (Å²) in [6.45, 7) is -5.45. The SMILES string of the molecule is [2H]C([2H])([2H])c1ccc(-c2ccc(C([2H])([2H])[2H])c(-c3cccc4c3Oc3ccccc3OC(C)(C)O4)c2C([2H])([2H])[2H])c(C([2H])([2H])[2H])c1-c1cccc2c1Oc1ccccc1OC(C)(C)O2. The van der Waals surface area contributed by atoms with Gasteiger partial charge in [-0.25, -0.2) is 0 Å². The first-order valence-corrected chi connectivity index (χ1v) is 16.7. The summed E-state index contributed by atoms with van der Waals surface area (Å²) in [6, 6.07) is 27.6. The van der Waals surface area contributed by atoms with E-state index in [2.05, 4.69) is 0 Å². The fraction of sp³-hybridized carbons (Fsp3) is 0.217. The standard InChI is InChI=1S/C46H42O6/c1-27-23-25-31(29(3)41(27)33-15-13-21-39-43(33)47-35-17-9-11-19-37(35)49-45(5,6)51-39)32-26-24-28(2)42(30(32)4)34-16-14-22-40-44(34)48-36-18-10-12-20-38(36)50-46(7,8)52-40/h9-26H,1-8H3/i1D3,2D3,3D3,4D3. The normalized spacial score (nSPS) is 19.4. The predicted molar refractivity (Wildman–Crippen MR) is 205 cm³/mol. The Morgan fingerprint density at radius 1 is 0.385 bits per heavy atom. The van der Waals surface area contributed by atoms with Crippen molar-refractivity contribution in [1.29, 1.82) is 0 Å². The Balaban J connectivity index is 1.49. The summed E-state index contributed by atoms with van der Waals surface area (Å²) in [5, 5.41) is 0. The Morgan fingerprint density at radius 3 is 1.17 bits per heavy atom. The third-order valence-electron chi connectivity index (χ3n) is 8.74. The summed E-state index contributed by atoms with van der Waals surface area (Å²) >= 11 is 0. The second-order valence-electron chi connectivity index (χ2n) is 13.4. The summed E-state index contributed by atoms with van der Waals surface area (Å²) in [7, 11) is 0. The third-order valence-corrected chi connectivity index (χ3v) is 8.74. The number of para-hydroxylation sites is 6. The molecular weight excluding hydrogens is 649 g/mol. The number of fused-ring (bicyclic) bond motifs is 4. The molecule has 2 aliphatic rings. The van der Waals surface area contributed by atoms with Crippen LogP contribution in [-0.2, 0) is 0 Å². The molecule has 0 spiro atoms. The number of rotatable bonds is 3. The van der Waals surface area contributed by atoms with Gasteiger partial charge in [0.2, 0.25) is 11.6 Å². The molecule has 2 aliphatic heterocycles. The Morgan fingerprint density at radius 2 is 0.769 bits per heavy atom. The zero-order chi connectivity index (χ0) is 46.4. The highest BCUT2D eigenvalue weighted by molar-refractivity contribution is 5.89. The van der Waals surface area contributed by atoms with Crippen LogP contribution in [0.15, 0.2) is 109 Å². The summed E-state index contributed by atoms with van der Waals surface area (Å²) in [4.78, 5) is 0. The van der Waals surface area contributed by atoms with Gasteiger partial charge in [-0.1, -0.05) is 72.8 Å². The molecule has 0 fully saturated rings. The number of ether oxygens (including phenoxy) is 6. The van der Waals surface area contributed by atoms with E-state index >= 15 is 0 Å². The van der Waals surface area contributed by atoms with Crippen molar-refractivity contribution in [2.75, 3.05) is 0 Å². The van der Waals surface area contributed by atoms with Gasteiger partial charge in [0.05, 0.1) is 0 Å². The van der Waals surface area contributed by atoms with Gasteiger partial charge in [0.1, 0.15) is 0 Å². The smallest absolute Gasteiger partial charge is 0.246 e. The van der Waals surface area contributed by atoms with Crippen LogP contribution in [0.1, 0.15) is 66.4 Å². The summed E-state index contributed by atoms with van der Waals surface area (Å²) in [6.07, 6.45) is 0. The number of benzene rings is 6. The van der Waals surface area contributed by atoms with Gasteiger partial charge in [-0.05, 0) is 108 Å². The van der Waals surface area contributed by atoms with E-state index < -0.39 is 50.1 Å². The molecule has 0 N–H and O–H groups in total. The maximum Gasteiger partial charge on any atom is 0.246 e. The first-order chi connectivity index (χ1) is 29.7. The van der Waals surface area contributed by atoms with Gasteiger partial charge in [-0.2, -0.15) is 0 Å². The summed E-state index contributed by atoms with van der Waals surface area (Å²) in [5.74, 6) is -1.40. The molecule has 52 heavy (non-hydrogen) atoms. The monoisotopic (exact) mass is 702 g/mol. The highest BCUT2D eigenvalue weighted by Gasteiger charge is 2.32. The molecule has 2 heterocycles. The zero-order valence-corrected chi connectivity index (χ0v) is 28.8. The molecule has 8 rings (SSSR count). The van der Waals surface area contributed by atoms with E-state index in [0.717, 1.165) is 0 Å². The van der Waals surface area contributed by atoms with E-state index in [1.165, 1.54) is 36.4 Å². The molecule has 6 heteroatoms. The Bertz CT molecular complexity index is 2610. The molecule has 0 bridgehead atoms. The van der Waals surface area contributed by atoms with E-state index in [4.69, 9.17) is 44.9 Å². The lowest BCUT2D eigenvalue weighted by Gasteiger charge is -2.32. The summed E-state index contributed by atoms with van der Waals surface area (Å²) < 4.78 is 144. The van der Waals surface area contributed by atoms with Crippen LogP contribution in [0.5, 0.6) is 46.0 Å². The van der Waals surface area contributed by atoms with Gasteiger partial charge in [0.25, 0.3) is 0 Å². The molecule has 0 saturated carbocycles. The molecule has 0 saturated heterocycles. The van der Waals surface area contributed by atoms with E-state index in [1.54, 1.807) is 100 Å². The highest BCUT2D eigenvalue weighted by Crippen LogP contribution is 2.51. The first kappa shape index (κ1) is 22.1. The van der Waals surface area contributed by atoms with Crippen molar-refractivity contribution in [3.8, 4) is 79.4 Å². The van der Waals surface area contributed by atoms with Crippen molar-refractivity contribution in [1.82, 2.24) is 0 Å². The van der Waals surface area contributed by atoms with Crippen molar-refractivity contribution in [3.63, 3.8) is 0 Å². The molecule has 0 atom stereocenters. The molecule has 0 amide bonds. The van der Waals surface area contributed by atoms with Crippen molar-refractivity contribution in [3.05, 3.63) is 131 Å². The van der Waals surface area contributed by atoms with Crippen molar-refractivity contribution < 1.29 is 44.9 Å². The second-order valence-corrected chi connectivity index (χ2v) is 13.4. The van der Waals surface area contributed by atoms with Crippen LogP contribution < -0.4 is 28.4 Å². The lowest BCUT2D eigenvalue weighted by molar-refractivity contribution is -0.0864. The average molecular weight is 703 g/mol. The largest absolute Gasteiger partial charge is 0.449 e. The van der Waals surface area contributed by atoms with Gasteiger partial charge in [0, 0.05) is 55.3 Å². The predicted octanol–water partition coefficient (Wildman–Crippen LogP) is 12.5. The van der Waals surface area contributed by atoms with Crippen molar-refractivity contribution >= 4 is 0 Å². The minimum Gasteiger partial charge on any atom is -0.449 e. The van der Waals surface area contributed by atoms with Crippen molar-refractivity contribution in [2.24, 2.45) is 0 Å². The topological polar surface area (TPSA) is 55.4 Å². The molecule has 0 aliphatic carbocycles.